The van der Waals surface area contributed by atoms with Gasteiger partial charge in [-0.1, -0.05) is 256 Å². The van der Waals surface area contributed by atoms with E-state index in [9.17, 15) is 19.8 Å². The van der Waals surface area contributed by atoms with E-state index in [1.165, 1.54) is 244 Å². The van der Waals surface area contributed by atoms with Gasteiger partial charge in [-0.3, -0.25) is 9.59 Å². The number of esters is 1. The molecule has 0 spiro atoms. The molecule has 0 saturated heterocycles. The van der Waals surface area contributed by atoms with Gasteiger partial charge in [-0.05, 0) is 77.0 Å². The van der Waals surface area contributed by atoms with Crippen molar-refractivity contribution in [3.63, 3.8) is 0 Å². The van der Waals surface area contributed by atoms with E-state index in [1.807, 2.05) is 0 Å². The summed E-state index contributed by atoms with van der Waals surface area (Å²) in [7, 11) is 0. The molecule has 0 heterocycles. The van der Waals surface area contributed by atoms with Crippen LogP contribution in [0.3, 0.4) is 0 Å². The SMILES string of the molecule is CCCCCCCCC/C=C\CCCCCCCCCC(=O)OCCCCCCCCCCCCC/C=C\CCCCCCCCCC(=O)NC(CO)C(O)CCCCCCCCCCC. The van der Waals surface area contributed by atoms with E-state index < -0.39 is 12.1 Å². The van der Waals surface area contributed by atoms with Gasteiger partial charge in [0.25, 0.3) is 0 Å². The predicted molar refractivity (Wildman–Crippen MR) is 287 cm³/mol. The quantitative estimate of drug-likeness (QED) is 0.0321. The van der Waals surface area contributed by atoms with Crippen LogP contribution in [-0.2, 0) is 14.3 Å². The minimum atomic E-state index is -0.666. The highest BCUT2D eigenvalue weighted by molar-refractivity contribution is 5.76. The summed E-state index contributed by atoms with van der Waals surface area (Å²) in [5.41, 5.74) is 0. The fraction of sp³-hybridized carbons (Fsp3) is 0.900. The molecule has 0 bridgehead atoms. The molecule has 0 saturated carbocycles. The van der Waals surface area contributed by atoms with Gasteiger partial charge in [-0.15, -0.1) is 0 Å². The van der Waals surface area contributed by atoms with E-state index in [-0.39, 0.29) is 18.5 Å². The lowest BCUT2D eigenvalue weighted by molar-refractivity contribution is -0.143. The van der Waals surface area contributed by atoms with Gasteiger partial charge in [0.2, 0.25) is 5.91 Å². The van der Waals surface area contributed by atoms with Crippen LogP contribution >= 0.6 is 0 Å². The number of carbonyl (C=O) groups is 2. The molecule has 0 rings (SSSR count). The molecule has 2 atom stereocenters. The number of ether oxygens (including phenoxy) is 1. The molecule has 0 fully saturated rings. The Labute approximate surface area is 411 Å². The van der Waals surface area contributed by atoms with Crippen molar-refractivity contribution in [2.75, 3.05) is 13.2 Å². The molecule has 2 unspecified atom stereocenters. The Morgan fingerprint density at radius 3 is 1.08 bits per heavy atom. The molecule has 66 heavy (non-hydrogen) atoms. The summed E-state index contributed by atoms with van der Waals surface area (Å²) < 4.78 is 5.49. The zero-order valence-corrected chi connectivity index (χ0v) is 44.4. The Balaban J connectivity index is 3.37. The van der Waals surface area contributed by atoms with Crippen molar-refractivity contribution in [2.24, 2.45) is 0 Å². The van der Waals surface area contributed by atoms with Crippen LogP contribution in [0, 0.1) is 0 Å². The Morgan fingerprint density at radius 1 is 0.409 bits per heavy atom. The lowest BCUT2D eigenvalue weighted by Gasteiger charge is -2.22. The van der Waals surface area contributed by atoms with Gasteiger partial charge in [0, 0.05) is 12.8 Å². The van der Waals surface area contributed by atoms with Crippen LogP contribution < -0.4 is 5.32 Å². The number of amides is 1. The third kappa shape index (κ3) is 51.7. The topological polar surface area (TPSA) is 95.9 Å². The van der Waals surface area contributed by atoms with Gasteiger partial charge >= 0.3 is 5.97 Å². The minimum absolute atomic E-state index is 0.00707. The highest BCUT2D eigenvalue weighted by atomic mass is 16.5. The number of hydrogen-bond donors (Lipinski definition) is 3. The van der Waals surface area contributed by atoms with Crippen LogP contribution in [0.2, 0.25) is 0 Å². The first kappa shape index (κ1) is 64.3. The lowest BCUT2D eigenvalue weighted by atomic mass is 10.0. The van der Waals surface area contributed by atoms with Crippen molar-refractivity contribution < 1.29 is 24.5 Å². The van der Waals surface area contributed by atoms with Gasteiger partial charge in [0.05, 0.1) is 25.4 Å². The van der Waals surface area contributed by atoms with Gasteiger partial charge in [-0.25, -0.2) is 0 Å². The van der Waals surface area contributed by atoms with Crippen LogP contribution in [0.4, 0.5) is 0 Å². The third-order valence-corrected chi connectivity index (χ3v) is 13.7. The van der Waals surface area contributed by atoms with Crippen molar-refractivity contribution in [1.29, 1.82) is 0 Å². The maximum absolute atomic E-state index is 12.4. The summed E-state index contributed by atoms with van der Waals surface area (Å²) in [4.78, 5) is 24.5. The van der Waals surface area contributed by atoms with Gasteiger partial charge in [-0.2, -0.15) is 0 Å². The van der Waals surface area contributed by atoms with Crippen molar-refractivity contribution in [1.82, 2.24) is 5.32 Å². The first-order chi connectivity index (χ1) is 32.5. The van der Waals surface area contributed by atoms with Crippen molar-refractivity contribution in [3.05, 3.63) is 24.3 Å². The second-order valence-electron chi connectivity index (χ2n) is 20.3. The number of hydrogen-bond acceptors (Lipinski definition) is 5. The van der Waals surface area contributed by atoms with Crippen LogP contribution in [-0.4, -0.2) is 47.4 Å². The Bertz CT molecular complexity index is 1030. The standard InChI is InChI=1S/C60H115NO5/c1-3-5-7-9-11-13-14-15-16-17-25-28-31-34-38-42-46-50-54-60(65)66-55-51-47-43-39-35-32-29-26-23-21-19-18-20-22-24-27-30-33-37-41-45-49-53-59(64)61-57(56-62)58(63)52-48-44-40-36-12-10-8-6-4-2/h16-17,20,22,57-58,62-63H,3-15,18-19,21,23-56H2,1-2H3,(H,61,64)/b17-16-,22-20-. The van der Waals surface area contributed by atoms with E-state index in [2.05, 4.69) is 43.5 Å². The number of rotatable bonds is 55. The maximum Gasteiger partial charge on any atom is 0.305 e. The highest BCUT2D eigenvalue weighted by Gasteiger charge is 2.20. The molecule has 0 aliphatic carbocycles. The van der Waals surface area contributed by atoms with E-state index in [1.54, 1.807) is 0 Å². The van der Waals surface area contributed by atoms with E-state index in [0.29, 0.717) is 25.9 Å². The highest BCUT2D eigenvalue weighted by Crippen LogP contribution is 2.17. The molecule has 1 amide bonds. The molecule has 0 aromatic carbocycles. The summed E-state index contributed by atoms with van der Waals surface area (Å²) in [6.07, 6.45) is 67.6. The Hall–Kier alpha value is -1.66. The van der Waals surface area contributed by atoms with E-state index in [4.69, 9.17) is 4.74 Å². The zero-order valence-electron chi connectivity index (χ0n) is 44.4. The van der Waals surface area contributed by atoms with Crippen molar-refractivity contribution in [2.45, 2.75) is 334 Å². The molecular weight excluding hydrogens is 815 g/mol. The monoisotopic (exact) mass is 930 g/mol. The first-order valence-electron chi connectivity index (χ1n) is 29.6. The summed E-state index contributed by atoms with van der Waals surface area (Å²) in [5, 5.41) is 23.1. The fourth-order valence-electron chi connectivity index (χ4n) is 9.16. The summed E-state index contributed by atoms with van der Waals surface area (Å²) >= 11 is 0. The van der Waals surface area contributed by atoms with E-state index in [0.717, 1.165) is 44.9 Å². The minimum Gasteiger partial charge on any atom is -0.466 e. The molecule has 3 N–H and O–H groups in total. The average Bonchev–Trinajstić information content (AvgIpc) is 3.32. The molecule has 0 aliphatic rings. The van der Waals surface area contributed by atoms with Gasteiger partial charge in [0.15, 0.2) is 0 Å². The largest absolute Gasteiger partial charge is 0.466 e. The van der Waals surface area contributed by atoms with Crippen LogP contribution in [0.1, 0.15) is 322 Å². The second kappa shape index (κ2) is 55.9. The summed E-state index contributed by atoms with van der Waals surface area (Å²) in [6.45, 7) is 4.93. The molecule has 0 aromatic rings. The molecule has 0 aliphatic heterocycles. The number of carbonyl (C=O) groups excluding carboxylic acids is 2. The zero-order chi connectivity index (χ0) is 47.9. The van der Waals surface area contributed by atoms with Crippen LogP contribution in [0.5, 0.6) is 0 Å². The second-order valence-corrected chi connectivity index (χ2v) is 20.3. The Morgan fingerprint density at radius 2 is 0.712 bits per heavy atom. The number of allylic oxidation sites excluding steroid dienone is 4. The lowest BCUT2D eigenvalue weighted by Crippen LogP contribution is -2.45. The number of aliphatic hydroxyl groups is 2. The predicted octanol–water partition coefficient (Wildman–Crippen LogP) is 18.2. The van der Waals surface area contributed by atoms with E-state index >= 15 is 0 Å². The normalized spacial score (nSPS) is 12.7. The number of nitrogens with one attached hydrogen (secondary N) is 1. The fourth-order valence-corrected chi connectivity index (χ4v) is 9.16. The summed E-state index contributed by atoms with van der Waals surface area (Å²) in [5.74, 6) is -0.0369. The molecule has 0 aromatic heterocycles. The Kier molecular flexibility index (Phi) is 54.5. The molecule has 0 radical (unpaired) electrons. The van der Waals surface area contributed by atoms with Crippen molar-refractivity contribution >= 4 is 11.9 Å². The third-order valence-electron chi connectivity index (χ3n) is 13.7. The number of unbranched alkanes of at least 4 members (excludes halogenated alkanes) is 40. The van der Waals surface area contributed by atoms with Crippen LogP contribution in [0.15, 0.2) is 24.3 Å². The summed E-state index contributed by atoms with van der Waals surface area (Å²) in [6, 6.07) is -0.544. The molecule has 6 nitrogen and oxygen atoms in total. The average molecular weight is 931 g/mol. The maximum atomic E-state index is 12.4. The van der Waals surface area contributed by atoms with Crippen molar-refractivity contribution in [3.8, 4) is 0 Å². The van der Waals surface area contributed by atoms with Crippen LogP contribution in [0.25, 0.3) is 0 Å². The van der Waals surface area contributed by atoms with Gasteiger partial charge < -0.3 is 20.3 Å². The first-order valence-corrected chi connectivity index (χ1v) is 29.6. The molecule has 6 heteroatoms. The number of aliphatic hydroxyl groups excluding tert-OH is 2. The van der Waals surface area contributed by atoms with Gasteiger partial charge in [0.1, 0.15) is 0 Å². The smallest absolute Gasteiger partial charge is 0.305 e. The molecule has 390 valence electrons. The molecular formula is C60H115NO5.